The Balaban J connectivity index is 2.15. The molecule has 1 aromatic carbocycles. The lowest BCUT2D eigenvalue weighted by Crippen LogP contribution is -2.15. The van der Waals surface area contributed by atoms with Gasteiger partial charge in [-0.3, -0.25) is 0 Å². The largest absolute Gasteiger partial charge is 0.329 e. The summed E-state index contributed by atoms with van der Waals surface area (Å²) in [5, 5.41) is 1.97. The second kappa shape index (κ2) is 4.94. The maximum absolute atomic E-state index is 11.6. The maximum atomic E-state index is 11.6. The first-order chi connectivity index (χ1) is 9.88. The molecular weight excluding hydrogens is 306 g/mol. The molecule has 7 heteroatoms. The quantitative estimate of drug-likeness (QED) is 0.801. The van der Waals surface area contributed by atoms with Gasteiger partial charge in [0.1, 0.15) is 5.82 Å². The summed E-state index contributed by atoms with van der Waals surface area (Å²) in [6.45, 7) is 0. The number of thiophene rings is 1. The maximum Gasteiger partial charge on any atom is 0.175 e. The van der Waals surface area contributed by atoms with E-state index in [1.807, 2.05) is 29.1 Å². The lowest BCUT2D eigenvalue weighted by Gasteiger charge is -2.09. The normalized spacial score (nSPS) is 13.7. The van der Waals surface area contributed by atoms with Crippen molar-refractivity contribution in [2.24, 2.45) is 12.8 Å². The average molecular weight is 321 g/mol. The molecule has 0 radical (unpaired) electrons. The number of imidazole rings is 1. The minimum absolute atomic E-state index is 0.268. The lowest BCUT2D eigenvalue weighted by atomic mass is 10.2. The van der Waals surface area contributed by atoms with Gasteiger partial charge in [-0.15, -0.1) is 11.3 Å². The van der Waals surface area contributed by atoms with Crippen LogP contribution in [0.1, 0.15) is 16.7 Å². The van der Waals surface area contributed by atoms with E-state index in [1.165, 1.54) is 6.26 Å². The first-order valence-electron chi connectivity index (χ1n) is 6.33. The monoisotopic (exact) mass is 321 g/mol. The zero-order chi connectivity index (χ0) is 15.2. The summed E-state index contributed by atoms with van der Waals surface area (Å²) in [5.74, 6) is 0.720. The van der Waals surface area contributed by atoms with Crippen molar-refractivity contribution in [1.29, 1.82) is 0 Å². The standard InChI is InChI=1S/C14H15N3O2S2/c1-17-11-6-5-9(21(2,18)19)8-10(11)16-14(17)13(15)12-4-3-7-20-12/h3-8,13H,15H2,1-2H3. The van der Waals surface area contributed by atoms with Gasteiger partial charge >= 0.3 is 0 Å². The van der Waals surface area contributed by atoms with Gasteiger partial charge in [0.2, 0.25) is 0 Å². The highest BCUT2D eigenvalue weighted by molar-refractivity contribution is 7.90. The van der Waals surface area contributed by atoms with Crippen LogP contribution < -0.4 is 5.73 Å². The minimum Gasteiger partial charge on any atom is -0.329 e. The Morgan fingerprint density at radius 3 is 2.71 bits per heavy atom. The molecule has 0 aliphatic heterocycles. The second-order valence-corrected chi connectivity index (χ2v) is 7.94. The molecule has 0 amide bonds. The number of rotatable bonds is 3. The van der Waals surface area contributed by atoms with Crippen LogP contribution in [0.4, 0.5) is 0 Å². The number of fused-ring (bicyclic) bond motifs is 1. The summed E-state index contributed by atoms with van der Waals surface area (Å²) in [7, 11) is -1.35. The molecule has 110 valence electrons. The van der Waals surface area contributed by atoms with Crippen LogP contribution in [-0.2, 0) is 16.9 Å². The Morgan fingerprint density at radius 1 is 1.33 bits per heavy atom. The number of sulfone groups is 1. The number of nitrogens with two attached hydrogens (primary N) is 1. The summed E-state index contributed by atoms with van der Waals surface area (Å²) in [6, 6.07) is 8.56. The summed E-state index contributed by atoms with van der Waals surface area (Å²) < 4.78 is 25.2. The average Bonchev–Trinajstić information content (AvgIpc) is 3.05. The van der Waals surface area contributed by atoms with Gasteiger partial charge < -0.3 is 10.3 Å². The number of aryl methyl sites for hydroxylation is 1. The Labute approximate surface area is 127 Å². The molecule has 3 aromatic rings. The van der Waals surface area contributed by atoms with Crippen molar-refractivity contribution in [2.45, 2.75) is 10.9 Å². The Kier molecular flexibility index (Phi) is 3.35. The van der Waals surface area contributed by atoms with E-state index in [9.17, 15) is 8.42 Å². The lowest BCUT2D eigenvalue weighted by molar-refractivity contribution is 0.602. The van der Waals surface area contributed by atoms with Crippen molar-refractivity contribution in [2.75, 3.05) is 6.26 Å². The van der Waals surface area contributed by atoms with E-state index < -0.39 is 9.84 Å². The van der Waals surface area contributed by atoms with E-state index in [4.69, 9.17) is 5.73 Å². The van der Waals surface area contributed by atoms with Gasteiger partial charge in [-0.25, -0.2) is 13.4 Å². The van der Waals surface area contributed by atoms with Crippen LogP contribution in [0.15, 0.2) is 40.6 Å². The van der Waals surface area contributed by atoms with E-state index in [-0.39, 0.29) is 10.9 Å². The van der Waals surface area contributed by atoms with E-state index in [1.54, 1.807) is 29.5 Å². The molecule has 2 aromatic heterocycles. The molecule has 2 N–H and O–H groups in total. The number of aromatic nitrogens is 2. The fourth-order valence-corrected chi connectivity index (χ4v) is 3.67. The summed E-state index contributed by atoms with van der Waals surface area (Å²) in [4.78, 5) is 5.82. The molecule has 5 nitrogen and oxygen atoms in total. The molecular formula is C14H15N3O2S2. The predicted octanol–water partition coefficient (Wildman–Crippen LogP) is 2.09. The second-order valence-electron chi connectivity index (χ2n) is 4.94. The van der Waals surface area contributed by atoms with E-state index in [2.05, 4.69) is 4.98 Å². The molecule has 1 unspecified atom stereocenters. The summed E-state index contributed by atoms with van der Waals surface area (Å²) in [5.41, 5.74) is 7.76. The predicted molar refractivity (Wildman–Crippen MR) is 84.2 cm³/mol. The van der Waals surface area contributed by atoms with Crippen LogP contribution in [-0.4, -0.2) is 24.2 Å². The molecule has 0 saturated heterocycles. The molecule has 0 spiro atoms. The van der Waals surface area contributed by atoms with Crippen LogP contribution in [0.2, 0.25) is 0 Å². The Hall–Kier alpha value is -1.70. The van der Waals surface area contributed by atoms with Crippen LogP contribution in [0.5, 0.6) is 0 Å². The van der Waals surface area contributed by atoms with Crippen molar-refractivity contribution in [3.8, 4) is 0 Å². The number of hydrogen-bond donors (Lipinski definition) is 1. The van der Waals surface area contributed by atoms with Gasteiger partial charge in [-0.1, -0.05) is 6.07 Å². The van der Waals surface area contributed by atoms with Gasteiger partial charge in [-0.05, 0) is 29.6 Å². The Morgan fingerprint density at radius 2 is 2.10 bits per heavy atom. The molecule has 0 bridgehead atoms. The highest BCUT2D eigenvalue weighted by Gasteiger charge is 2.18. The number of hydrogen-bond acceptors (Lipinski definition) is 5. The van der Waals surface area contributed by atoms with Gasteiger partial charge in [0.15, 0.2) is 9.84 Å². The molecule has 0 saturated carbocycles. The highest BCUT2D eigenvalue weighted by Crippen LogP contribution is 2.27. The first-order valence-corrected chi connectivity index (χ1v) is 9.10. The zero-order valence-corrected chi connectivity index (χ0v) is 13.3. The van der Waals surface area contributed by atoms with Crippen molar-refractivity contribution in [3.63, 3.8) is 0 Å². The van der Waals surface area contributed by atoms with Crippen LogP contribution in [0.3, 0.4) is 0 Å². The van der Waals surface area contributed by atoms with Crippen molar-refractivity contribution in [1.82, 2.24) is 9.55 Å². The van der Waals surface area contributed by atoms with E-state index in [0.717, 1.165) is 16.2 Å². The van der Waals surface area contributed by atoms with Gasteiger partial charge in [-0.2, -0.15) is 0 Å². The fourth-order valence-electron chi connectivity index (χ4n) is 2.30. The smallest absolute Gasteiger partial charge is 0.175 e. The molecule has 0 aliphatic rings. The van der Waals surface area contributed by atoms with Crippen LogP contribution in [0.25, 0.3) is 11.0 Å². The summed E-state index contributed by atoms with van der Waals surface area (Å²) >= 11 is 1.58. The topological polar surface area (TPSA) is 78.0 Å². The molecule has 0 fully saturated rings. The number of benzene rings is 1. The third-order valence-corrected chi connectivity index (χ3v) is 5.51. The highest BCUT2D eigenvalue weighted by atomic mass is 32.2. The van der Waals surface area contributed by atoms with Gasteiger partial charge in [0.25, 0.3) is 0 Å². The summed E-state index contributed by atoms with van der Waals surface area (Å²) in [6.07, 6.45) is 1.19. The molecule has 1 atom stereocenters. The van der Waals surface area contributed by atoms with Gasteiger partial charge in [0, 0.05) is 18.2 Å². The molecule has 3 rings (SSSR count). The number of nitrogens with zero attached hydrogens (tertiary/aromatic N) is 2. The third kappa shape index (κ3) is 2.48. The molecule has 0 aliphatic carbocycles. The van der Waals surface area contributed by atoms with Crippen LogP contribution in [0, 0.1) is 0 Å². The van der Waals surface area contributed by atoms with E-state index >= 15 is 0 Å². The first kappa shape index (κ1) is 14.2. The van der Waals surface area contributed by atoms with Crippen molar-refractivity contribution in [3.05, 3.63) is 46.4 Å². The molecule has 21 heavy (non-hydrogen) atoms. The van der Waals surface area contributed by atoms with Crippen molar-refractivity contribution < 1.29 is 8.42 Å². The van der Waals surface area contributed by atoms with Crippen molar-refractivity contribution >= 4 is 32.2 Å². The fraction of sp³-hybridized carbons (Fsp3) is 0.214. The third-order valence-electron chi connectivity index (χ3n) is 3.44. The minimum atomic E-state index is -3.24. The van der Waals surface area contributed by atoms with Gasteiger partial charge in [0.05, 0.1) is 22.0 Å². The Bertz CT molecular complexity index is 896. The molecule has 2 heterocycles. The SMILES string of the molecule is Cn1c(C(N)c2cccs2)nc2cc(S(C)(=O)=O)ccc21. The van der Waals surface area contributed by atoms with E-state index in [0.29, 0.717) is 5.52 Å². The zero-order valence-electron chi connectivity index (χ0n) is 11.6. The van der Waals surface area contributed by atoms with Crippen LogP contribution >= 0.6 is 11.3 Å².